The molecule has 0 heterocycles. The third-order valence-electron chi connectivity index (χ3n) is 2.25. The largest absolute Gasteiger partial charge is 0.398 e. The van der Waals surface area contributed by atoms with Crippen LogP contribution in [0.15, 0.2) is 18.2 Å². The van der Waals surface area contributed by atoms with Gasteiger partial charge in [-0.05, 0) is 25.1 Å². The summed E-state index contributed by atoms with van der Waals surface area (Å²) in [6, 6.07) is 5.04. The maximum Gasteiger partial charge on any atom is 0.236 e. The van der Waals surface area contributed by atoms with Crippen LogP contribution in [0.3, 0.4) is 0 Å². The third kappa shape index (κ3) is 2.73. The Morgan fingerprint density at radius 1 is 1.38 bits per heavy atom. The van der Waals surface area contributed by atoms with Crippen molar-refractivity contribution in [2.24, 2.45) is 5.73 Å². The van der Waals surface area contributed by atoms with Crippen molar-refractivity contribution < 1.29 is 9.59 Å². The molecule has 0 aromatic heterocycles. The van der Waals surface area contributed by atoms with E-state index in [1.54, 1.807) is 30.1 Å². The van der Waals surface area contributed by atoms with Gasteiger partial charge in [0.1, 0.15) is 0 Å². The lowest BCUT2D eigenvalue weighted by atomic mass is 10.1. The molecule has 0 aliphatic heterocycles. The van der Waals surface area contributed by atoms with E-state index in [1.807, 2.05) is 0 Å². The zero-order valence-corrected chi connectivity index (χ0v) is 9.36. The van der Waals surface area contributed by atoms with Crippen LogP contribution in [0.25, 0.3) is 0 Å². The minimum Gasteiger partial charge on any atom is -0.398 e. The summed E-state index contributed by atoms with van der Waals surface area (Å²) in [4.78, 5) is 23.7. The van der Waals surface area contributed by atoms with Crippen molar-refractivity contribution in [3.05, 3.63) is 23.8 Å². The number of nitrogens with two attached hydrogens (primary N) is 2. The molecule has 0 bridgehead atoms. The molecule has 1 amide bonds. The van der Waals surface area contributed by atoms with Gasteiger partial charge in [-0.3, -0.25) is 9.59 Å². The predicted molar refractivity (Wildman–Crippen MR) is 63.3 cm³/mol. The Morgan fingerprint density at radius 2 is 2.00 bits per heavy atom. The smallest absolute Gasteiger partial charge is 0.236 e. The van der Waals surface area contributed by atoms with Gasteiger partial charge in [-0.25, -0.2) is 0 Å². The monoisotopic (exact) mass is 221 g/mol. The van der Waals surface area contributed by atoms with E-state index >= 15 is 0 Å². The number of primary amides is 1. The van der Waals surface area contributed by atoms with Crippen molar-refractivity contribution in [3.8, 4) is 0 Å². The average Bonchev–Trinajstić information content (AvgIpc) is 2.16. The second-order valence-corrected chi connectivity index (χ2v) is 3.65. The molecule has 4 N–H and O–H groups in total. The van der Waals surface area contributed by atoms with Crippen LogP contribution in [0.1, 0.15) is 17.3 Å². The summed E-state index contributed by atoms with van der Waals surface area (Å²) in [7, 11) is 1.72. The van der Waals surface area contributed by atoms with Crippen molar-refractivity contribution in [1.82, 2.24) is 0 Å². The lowest BCUT2D eigenvalue weighted by Crippen LogP contribution is -2.30. The highest BCUT2D eigenvalue weighted by Gasteiger charge is 2.09. The summed E-state index contributed by atoms with van der Waals surface area (Å²) in [5.41, 5.74) is 12.4. The molecule has 0 atom stereocenters. The highest BCUT2D eigenvalue weighted by atomic mass is 16.1. The molecule has 5 heteroatoms. The number of likely N-dealkylation sites (N-methyl/N-ethyl adjacent to an activating group) is 1. The maximum atomic E-state index is 11.3. The molecular formula is C11H15N3O2. The Hall–Kier alpha value is -2.04. The van der Waals surface area contributed by atoms with Crippen molar-refractivity contribution in [2.75, 3.05) is 24.2 Å². The SMILES string of the molecule is CC(=O)c1cc(N(C)CC(N)=O)ccc1N. The average molecular weight is 221 g/mol. The summed E-state index contributed by atoms with van der Waals surface area (Å²) in [6.07, 6.45) is 0. The number of amides is 1. The van der Waals surface area contributed by atoms with Crippen molar-refractivity contribution >= 4 is 23.1 Å². The van der Waals surface area contributed by atoms with Gasteiger partial charge in [-0.1, -0.05) is 0 Å². The molecule has 0 fully saturated rings. The Morgan fingerprint density at radius 3 is 2.50 bits per heavy atom. The van der Waals surface area contributed by atoms with Crippen LogP contribution in [-0.4, -0.2) is 25.3 Å². The molecule has 0 aliphatic rings. The fourth-order valence-electron chi connectivity index (χ4n) is 1.41. The lowest BCUT2D eigenvalue weighted by molar-refractivity contribution is -0.116. The number of carbonyl (C=O) groups excluding carboxylic acids is 2. The minimum absolute atomic E-state index is 0.0985. The summed E-state index contributed by atoms with van der Waals surface area (Å²) < 4.78 is 0. The van der Waals surface area contributed by atoms with Crippen LogP contribution >= 0.6 is 0 Å². The van der Waals surface area contributed by atoms with E-state index in [2.05, 4.69) is 0 Å². The Kier molecular flexibility index (Phi) is 3.50. The number of Topliss-reactive ketones (excluding diaryl/α,β-unsaturated/α-hetero) is 1. The second-order valence-electron chi connectivity index (χ2n) is 3.65. The number of hydrogen-bond acceptors (Lipinski definition) is 4. The molecule has 1 aromatic rings. The fourth-order valence-corrected chi connectivity index (χ4v) is 1.41. The topological polar surface area (TPSA) is 89.4 Å². The number of benzene rings is 1. The van der Waals surface area contributed by atoms with E-state index in [4.69, 9.17) is 11.5 Å². The van der Waals surface area contributed by atoms with Gasteiger partial charge < -0.3 is 16.4 Å². The first-order chi connectivity index (χ1) is 7.41. The number of carbonyl (C=O) groups is 2. The number of nitrogen functional groups attached to an aromatic ring is 1. The quantitative estimate of drug-likeness (QED) is 0.568. The van der Waals surface area contributed by atoms with Crippen LogP contribution in [0.4, 0.5) is 11.4 Å². The second kappa shape index (κ2) is 4.65. The van der Waals surface area contributed by atoms with Crippen molar-refractivity contribution in [1.29, 1.82) is 0 Å². The molecule has 0 saturated carbocycles. The molecule has 86 valence electrons. The van der Waals surface area contributed by atoms with Gasteiger partial charge in [0.2, 0.25) is 5.91 Å². The van der Waals surface area contributed by atoms with E-state index < -0.39 is 5.91 Å². The molecule has 16 heavy (non-hydrogen) atoms. The van der Waals surface area contributed by atoms with Crippen LogP contribution < -0.4 is 16.4 Å². The Bertz CT molecular complexity index is 429. The first-order valence-electron chi connectivity index (χ1n) is 4.81. The molecule has 0 saturated heterocycles. The minimum atomic E-state index is -0.427. The summed E-state index contributed by atoms with van der Waals surface area (Å²) in [6.45, 7) is 1.55. The Labute approximate surface area is 94.0 Å². The van der Waals surface area contributed by atoms with Gasteiger partial charge >= 0.3 is 0 Å². The van der Waals surface area contributed by atoms with Gasteiger partial charge in [0.25, 0.3) is 0 Å². The summed E-state index contributed by atoms with van der Waals surface area (Å²) >= 11 is 0. The first kappa shape index (κ1) is 12.0. The molecule has 0 aliphatic carbocycles. The first-order valence-corrected chi connectivity index (χ1v) is 4.81. The van der Waals surface area contributed by atoms with E-state index in [0.29, 0.717) is 11.3 Å². The van der Waals surface area contributed by atoms with E-state index in [9.17, 15) is 9.59 Å². The van der Waals surface area contributed by atoms with Gasteiger partial charge in [0, 0.05) is 24.0 Å². The van der Waals surface area contributed by atoms with E-state index in [-0.39, 0.29) is 12.3 Å². The van der Waals surface area contributed by atoms with Crippen LogP contribution in [-0.2, 0) is 4.79 Å². The number of hydrogen-bond donors (Lipinski definition) is 2. The zero-order chi connectivity index (χ0) is 12.3. The molecule has 0 spiro atoms. The van der Waals surface area contributed by atoms with Crippen LogP contribution in [0, 0.1) is 0 Å². The normalized spacial score (nSPS) is 9.88. The van der Waals surface area contributed by atoms with E-state index in [1.165, 1.54) is 6.92 Å². The van der Waals surface area contributed by atoms with Gasteiger partial charge in [0.15, 0.2) is 5.78 Å². The predicted octanol–water partition coefficient (Wildman–Crippen LogP) is 0.393. The standard InChI is InChI=1S/C11H15N3O2/c1-7(15)9-5-8(3-4-10(9)12)14(2)6-11(13)16/h3-5H,6,12H2,1-2H3,(H2,13,16). The fraction of sp³-hybridized carbons (Fsp3) is 0.273. The molecule has 0 radical (unpaired) electrons. The maximum absolute atomic E-state index is 11.3. The molecule has 1 aromatic carbocycles. The number of rotatable bonds is 4. The van der Waals surface area contributed by atoms with E-state index in [0.717, 1.165) is 5.69 Å². The highest BCUT2D eigenvalue weighted by molar-refractivity contribution is 6.00. The van der Waals surface area contributed by atoms with Gasteiger partial charge in [0.05, 0.1) is 6.54 Å². The number of anilines is 2. The van der Waals surface area contributed by atoms with Crippen molar-refractivity contribution in [3.63, 3.8) is 0 Å². The molecule has 0 unspecified atom stereocenters. The summed E-state index contributed by atoms with van der Waals surface area (Å²) in [5.74, 6) is -0.532. The molecule has 5 nitrogen and oxygen atoms in total. The number of nitrogens with zero attached hydrogens (tertiary/aromatic N) is 1. The van der Waals surface area contributed by atoms with Gasteiger partial charge in [-0.2, -0.15) is 0 Å². The Balaban J connectivity index is 3.02. The van der Waals surface area contributed by atoms with Gasteiger partial charge in [-0.15, -0.1) is 0 Å². The lowest BCUT2D eigenvalue weighted by Gasteiger charge is -2.18. The van der Waals surface area contributed by atoms with Crippen LogP contribution in [0.2, 0.25) is 0 Å². The summed E-state index contributed by atoms with van der Waals surface area (Å²) in [5, 5.41) is 0. The third-order valence-corrected chi connectivity index (χ3v) is 2.25. The molecule has 1 rings (SSSR count). The highest BCUT2D eigenvalue weighted by Crippen LogP contribution is 2.20. The molecular weight excluding hydrogens is 206 g/mol. The van der Waals surface area contributed by atoms with Crippen molar-refractivity contribution in [2.45, 2.75) is 6.92 Å². The van der Waals surface area contributed by atoms with Crippen LogP contribution in [0.5, 0.6) is 0 Å². The number of ketones is 1. The zero-order valence-electron chi connectivity index (χ0n) is 9.36.